The number of nitrogens with zero attached hydrogens (tertiary/aromatic N) is 1. The molecule has 6 heteroatoms. The molecule has 0 unspecified atom stereocenters. The molecule has 0 aliphatic heterocycles. The molecule has 2 aromatic carbocycles. The number of benzene rings is 2. The van der Waals surface area contributed by atoms with E-state index in [4.69, 9.17) is 23.7 Å². The third-order valence-electron chi connectivity index (χ3n) is 4.75. The molecule has 0 aliphatic carbocycles. The summed E-state index contributed by atoms with van der Waals surface area (Å²) in [5.74, 6) is 2.81. The third kappa shape index (κ3) is 6.32. The highest BCUT2D eigenvalue weighted by atomic mass is 16.5. The van der Waals surface area contributed by atoms with Gasteiger partial charge >= 0.3 is 0 Å². The van der Waals surface area contributed by atoms with Crippen molar-refractivity contribution in [2.45, 2.75) is 25.7 Å². The van der Waals surface area contributed by atoms with Gasteiger partial charge in [0.25, 0.3) is 0 Å². The van der Waals surface area contributed by atoms with E-state index in [1.54, 1.807) is 46.6 Å². The highest BCUT2D eigenvalue weighted by molar-refractivity contribution is 5.90. The molecule has 31 heavy (non-hydrogen) atoms. The van der Waals surface area contributed by atoms with Gasteiger partial charge in [0, 0.05) is 0 Å². The molecule has 0 fully saturated rings. The standard InChI is InChI=1S/C25H30NO5/c1-6-7-8-9-12-31-25-23(29-4)14-18(15-24(25)30-5)13-20(17-26)19-10-11-21(27-2)22(16-19)28-3/h10-11,13-16H,1,6-9,12H2,2-5H3/b20-13+. The molecule has 165 valence electrons. The molecule has 0 amide bonds. The van der Waals surface area contributed by atoms with Gasteiger partial charge in [-0.05, 0) is 54.0 Å². The lowest BCUT2D eigenvalue weighted by Gasteiger charge is -2.15. The highest BCUT2D eigenvalue weighted by Crippen LogP contribution is 2.40. The van der Waals surface area contributed by atoms with Crippen molar-refractivity contribution in [3.05, 3.63) is 48.4 Å². The summed E-state index contributed by atoms with van der Waals surface area (Å²) in [6.07, 6.45) is 5.76. The predicted molar refractivity (Wildman–Crippen MR) is 122 cm³/mol. The first-order valence-electron chi connectivity index (χ1n) is 10.1. The molecule has 6 nitrogen and oxygen atoms in total. The van der Waals surface area contributed by atoms with Crippen LogP contribution < -0.4 is 23.7 Å². The fraction of sp³-hybridized carbons (Fsp3) is 0.360. The summed E-state index contributed by atoms with van der Waals surface area (Å²) in [5.41, 5.74) is 1.93. The summed E-state index contributed by atoms with van der Waals surface area (Å²) < 4.78 is 27.6. The Balaban J connectivity index is 2.36. The van der Waals surface area contributed by atoms with Crippen LogP contribution in [0.25, 0.3) is 11.6 Å². The lowest BCUT2D eigenvalue weighted by Crippen LogP contribution is -2.02. The van der Waals surface area contributed by atoms with Crippen LogP contribution in [0, 0.1) is 18.3 Å². The van der Waals surface area contributed by atoms with E-state index in [-0.39, 0.29) is 0 Å². The van der Waals surface area contributed by atoms with Crippen molar-refractivity contribution in [1.82, 2.24) is 0 Å². The van der Waals surface area contributed by atoms with Gasteiger partial charge in [-0.25, -0.2) is 0 Å². The van der Waals surface area contributed by atoms with Crippen LogP contribution in [0.2, 0.25) is 0 Å². The van der Waals surface area contributed by atoms with Crippen molar-refractivity contribution >= 4 is 11.6 Å². The molecule has 0 saturated heterocycles. The third-order valence-corrected chi connectivity index (χ3v) is 4.75. The van der Waals surface area contributed by atoms with E-state index < -0.39 is 0 Å². The molecule has 1 radical (unpaired) electrons. The second kappa shape index (κ2) is 12.4. The first-order valence-corrected chi connectivity index (χ1v) is 10.1. The van der Waals surface area contributed by atoms with Gasteiger partial charge in [-0.2, -0.15) is 5.26 Å². The molecule has 0 saturated carbocycles. The molecular formula is C25H30NO5. The Morgan fingerprint density at radius 1 is 0.871 bits per heavy atom. The second-order valence-electron chi connectivity index (χ2n) is 6.76. The minimum Gasteiger partial charge on any atom is -0.493 e. The van der Waals surface area contributed by atoms with Crippen molar-refractivity contribution in [2.24, 2.45) is 0 Å². The largest absolute Gasteiger partial charge is 0.493 e. The first kappa shape index (κ1) is 23.9. The summed E-state index contributed by atoms with van der Waals surface area (Å²) in [6, 6.07) is 11.2. The summed E-state index contributed by atoms with van der Waals surface area (Å²) in [4.78, 5) is 0. The summed E-state index contributed by atoms with van der Waals surface area (Å²) in [6.45, 7) is 4.42. The van der Waals surface area contributed by atoms with Gasteiger partial charge < -0.3 is 23.7 Å². The van der Waals surface area contributed by atoms with Crippen LogP contribution in [0.1, 0.15) is 36.8 Å². The number of unbranched alkanes of at least 4 members (excludes halogenated alkanes) is 3. The molecule has 2 aromatic rings. The number of nitriles is 1. The summed E-state index contributed by atoms with van der Waals surface area (Å²) in [7, 11) is 6.29. The first-order chi connectivity index (χ1) is 15.1. The smallest absolute Gasteiger partial charge is 0.203 e. The molecule has 0 aliphatic rings. The van der Waals surface area contributed by atoms with Crippen LogP contribution in [0.3, 0.4) is 0 Å². The van der Waals surface area contributed by atoms with Crippen LogP contribution in [0.4, 0.5) is 0 Å². The number of allylic oxidation sites excluding steroid dienone is 1. The van der Waals surface area contributed by atoms with E-state index in [0.717, 1.165) is 31.2 Å². The Morgan fingerprint density at radius 2 is 1.52 bits per heavy atom. The number of rotatable bonds is 12. The van der Waals surface area contributed by atoms with Gasteiger partial charge in [-0.15, -0.1) is 0 Å². The number of hydrogen-bond acceptors (Lipinski definition) is 6. The van der Waals surface area contributed by atoms with Crippen LogP contribution >= 0.6 is 0 Å². The van der Waals surface area contributed by atoms with Crippen LogP contribution in [-0.4, -0.2) is 35.0 Å². The average Bonchev–Trinajstić information content (AvgIpc) is 2.81. The summed E-state index contributed by atoms with van der Waals surface area (Å²) >= 11 is 0. The van der Waals surface area contributed by atoms with E-state index >= 15 is 0 Å². The zero-order valence-electron chi connectivity index (χ0n) is 18.7. The van der Waals surface area contributed by atoms with E-state index in [1.807, 2.05) is 18.2 Å². The quantitative estimate of drug-likeness (QED) is 0.252. The van der Waals surface area contributed by atoms with Crippen molar-refractivity contribution in [3.63, 3.8) is 0 Å². The molecule has 0 spiro atoms. The molecule has 0 aromatic heterocycles. The SMILES string of the molecule is [CH2]CCCCCOc1c(OC)cc(/C=C(\C#N)c2ccc(OC)c(OC)c2)cc1OC. The average molecular weight is 425 g/mol. The Kier molecular flexibility index (Phi) is 9.57. The molecule has 2 rings (SSSR count). The number of methoxy groups -OCH3 is 4. The molecule has 0 N–H and O–H groups in total. The van der Waals surface area contributed by atoms with Gasteiger partial charge in [0.2, 0.25) is 5.75 Å². The Bertz CT molecular complexity index is 905. The zero-order valence-corrected chi connectivity index (χ0v) is 18.7. The fourth-order valence-corrected chi connectivity index (χ4v) is 3.11. The van der Waals surface area contributed by atoms with Crippen LogP contribution in [-0.2, 0) is 0 Å². The zero-order chi connectivity index (χ0) is 22.6. The Morgan fingerprint density at radius 3 is 2.06 bits per heavy atom. The Labute approximate surface area is 185 Å². The monoisotopic (exact) mass is 424 g/mol. The van der Waals surface area contributed by atoms with Crippen LogP contribution in [0.15, 0.2) is 30.3 Å². The minimum atomic E-state index is 0.465. The van der Waals surface area contributed by atoms with E-state index in [0.29, 0.717) is 46.5 Å². The second-order valence-corrected chi connectivity index (χ2v) is 6.76. The predicted octanol–water partition coefficient (Wildman–Crippen LogP) is 5.56. The Hall–Kier alpha value is -3.33. The maximum atomic E-state index is 9.74. The van der Waals surface area contributed by atoms with Crippen molar-refractivity contribution in [2.75, 3.05) is 35.0 Å². The van der Waals surface area contributed by atoms with Gasteiger partial charge in [-0.1, -0.05) is 26.2 Å². The number of ether oxygens (including phenoxy) is 5. The normalized spacial score (nSPS) is 10.9. The van der Waals surface area contributed by atoms with Crippen molar-refractivity contribution < 1.29 is 23.7 Å². The molecule has 0 bridgehead atoms. The fourth-order valence-electron chi connectivity index (χ4n) is 3.11. The van der Waals surface area contributed by atoms with Gasteiger partial charge in [0.15, 0.2) is 23.0 Å². The minimum absolute atomic E-state index is 0.465. The molecular weight excluding hydrogens is 394 g/mol. The lowest BCUT2D eigenvalue weighted by molar-refractivity contribution is 0.267. The van der Waals surface area contributed by atoms with E-state index in [2.05, 4.69) is 13.0 Å². The van der Waals surface area contributed by atoms with Crippen LogP contribution in [0.5, 0.6) is 28.7 Å². The summed E-state index contributed by atoms with van der Waals surface area (Å²) in [5, 5.41) is 9.74. The molecule has 0 atom stereocenters. The number of hydrogen-bond donors (Lipinski definition) is 0. The highest BCUT2D eigenvalue weighted by Gasteiger charge is 2.15. The molecule has 0 heterocycles. The van der Waals surface area contributed by atoms with Crippen molar-refractivity contribution in [1.29, 1.82) is 5.26 Å². The van der Waals surface area contributed by atoms with Gasteiger partial charge in [0.05, 0.1) is 46.7 Å². The van der Waals surface area contributed by atoms with Crippen molar-refractivity contribution in [3.8, 4) is 34.8 Å². The lowest BCUT2D eigenvalue weighted by atomic mass is 10.0. The maximum absolute atomic E-state index is 9.74. The van der Waals surface area contributed by atoms with E-state index in [1.165, 1.54) is 0 Å². The van der Waals surface area contributed by atoms with E-state index in [9.17, 15) is 5.26 Å². The van der Waals surface area contributed by atoms with Gasteiger partial charge in [-0.3, -0.25) is 0 Å². The maximum Gasteiger partial charge on any atom is 0.203 e. The van der Waals surface area contributed by atoms with Gasteiger partial charge in [0.1, 0.15) is 0 Å². The topological polar surface area (TPSA) is 69.9 Å².